The normalized spacial score (nSPS) is 14.4. The van der Waals surface area contributed by atoms with E-state index in [-0.39, 0.29) is 5.56 Å². The van der Waals surface area contributed by atoms with Gasteiger partial charge in [-0.2, -0.15) is 9.78 Å². The third kappa shape index (κ3) is 2.74. The van der Waals surface area contributed by atoms with Gasteiger partial charge in [-0.3, -0.25) is 4.79 Å². The van der Waals surface area contributed by atoms with Crippen LogP contribution in [-0.4, -0.2) is 15.9 Å². The minimum atomic E-state index is -0.0526. The molecule has 0 aliphatic heterocycles. The summed E-state index contributed by atoms with van der Waals surface area (Å²) in [6.07, 6.45) is 6.09. The van der Waals surface area contributed by atoms with Crippen molar-refractivity contribution in [3.05, 3.63) is 60.9 Å². The molecule has 0 unspecified atom stereocenters. The Labute approximate surface area is 152 Å². The van der Waals surface area contributed by atoms with Crippen LogP contribution in [-0.2, 0) is 12.8 Å². The molecule has 122 valence electrons. The van der Waals surface area contributed by atoms with Crippen molar-refractivity contribution >= 4 is 43.7 Å². The van der Waals surface area contributed by atoms with Gasteiger partial charge >= 0.3 is 0 Å². The monoisotopic (exact) mass is 401 g/mol. The first-order valence-corrected chi connectivity index (χ1v) is 9.58. The lowest BCUT2D eigenvalue weighted by Crippen LogP contribution is -2.21. The van der Waals surface area contributed by atoms with Crippen LogP contribution < -0.4 is 5.56 Å². The van der Waals surface area contributed by atoms with Crippen LogP contribution in [0.25, 0.3) is 10.2 Å². The summed E-state index contributed by atoms with van der Waals surface area (Å²) in [7, 11) is 0. The van der Waals surface area contributed by atoms with Gasteiger partial charge in [0.15, 0.2) is 0 Å². The molecule has 0 fully saturated rings. The molecule has 0 radical (unpaired) electrons. The van der Waals surface area contributed by atoms with E-state index in [0.29, 0.717) is 5.82 Å². The van der Waals surface area contributed by atoms with Crippen molar-refractivity contribution in [2.24, 2.45) is 5.10 Å². The summed E-state index contributed by atoms with van der Waals surface area (Å²) in [4.78, 5) is 19.8. The minimum absolute atomic E-state index is 0.0526. The molecular formula is C18H16BrN3OS. The SMILES string of the molecule is Cc1nc2sc3c(c2c(=O)n1/N=C/c1cccc(Br)c1)CCCC3. The van der Waals surface area contributed by atoms with Gasteiger partial charge in [0.1, 0.15) is 10.7 Å². The summed E-state index contributed by atoms with van der Waals surface area (Å²) in [5.74, 6) is 0.623. The maximum absolute atomic E-state index is 13.0. The average Bonchev–Trinajstić information content (AvgIpc) is 2.92. The number of hydrogen-bond donors (Lipinski definition) is 0. The molecular weight excluding hydrogens is 386 g/mol. The highest BCUT2D eigenvalue weighted by molar-refractivity contribution is 9.10. The Balaban J connectivity index is 1.85. The molecule has 4 rings (SSSR count). The van der Waals surface area contributed by atoms with Gasteiger partial charge in [0.2, 0.25) is 0 Å². The summed E-state index contributed by atoms with van der Waals surface area (Å²) in [6, 6.07) is 7.81. The molecule has 1 aromatic carbocycles. The third-order valence-corrected chi connectivity index (χ3v) is 5.98. The van der Waals surface area contributed by atoms with E-state index >= 15 is 0 Å². The number of aryl methyl sites for hydroxylation is 3. The first-order chi connectivity index (χ1) is 11.6. The molecule has 0 atom stereocenters. The number of benzene rings is 1. The fourth-order valence-electron chi connectivity index (χ4n) is 3.15. The second kappa shape index (κ2) is 6.26. The third-order valence-electron chi connectivity index (χ3n) is 4.30. The maximum Gasteiger partial charge on any atom is 0.283 e. The van der Waals surface area contributed by atoms with Crippen LogP contribution in [0.2, 0.25) is 0 Å². The second-order valence-electron chi connectivity index (χ2n) is 5.97. The molecule has 2 heterocycles. The van der Waals surface area contributed by atoms with E-state index in [2.05, 4.69) is 26.0 Å². The summed E-state index contributed by atoms with van der Waals surface area (Å²) in [5, 5.41) is 5.17. The molecule has 24 heavy (non-hydrogen) atoms. The summed E-state index contributed by atoms with van der Waals surface area (Å²) >= 11 is 5.12. The van der Waals surface area contributed by atoms with Gasteiger partial charge in [0.05, 0.1) is 11.6 Å². The highest BCUT2D eigenvalue weighted by atomic mass is 79.9. The van der Waals surface area contributed by atoms with Crippen molar-refractivity contribution < 1.29 is 0 Å². The first-order valence-electron chi connectivity index (χ1n) is 7.97. The molecule has 0 spiro atoms. The van der Waals surface area contributed by atoms with Crippen LogP contribution in [0, 0.1) is 6.92 Å². The number of aromatic nitrogens is 2. The van der Waals surface area contributed by atoms with Crippen LogP contribution >= 0.6 is 27.3 Å². The second-order valence-corrected chi connectivity index (χ2v) is 7.97. The van der Waals surface area contributed by atoms with E-state index < -0.39 is 0 Å². The van der Waals surface area contributed by atoms with Gasteiger partial charge < -0.3 is 0 Å². The van der Waals surface area contributed by atoms with Crippen molar-refractivity contribution in [2.45, 2.75) is 32.6 Å². The molecule has 0 N–H and O–H groups in total. The van der Waals surface area contributed by atoms with E-state index in [0.717, 1.165) is 39.5 Å². The van der Waals surface area contributed by atoms with Gasteiger partial charge in [0.25, 0.3) is 5.56 Å². The van der Waals surface area contributed by atoms with E-state index in [1.165, 1.54) is 21.5 Å². The molecule has 3 aromatic rings. The van der Waals surface area contributed by atoms with Gasteiger partial charge in [0, 0.05) is 9.35 Å². The maximum atomic E-state index is 13.0. The Morgan fingerprint density at radius 3 is 3.00 bits per heavy atom. The molecule has 2 aromatic heterocycles. The minimum Gasteiger partial charge on any atom is -0.267 e. The highest BCUT2D eigenvalue weighted by Gasteiger charge is 2.20. The predicted molar refractivity (Wildman–Crippen MR) is 102 cm³/mol. The molecule has 0 amide bonds. The fourth-order valence-corrected chi connectivity index (χ4v) is 4.86. The number of halogens is 1. The molecule has 0 saturated carbocycles. The molecule has 1 aliphatic rings. The average molecular weight is 402 g/mol. The highest BCUT2D eigenvalue weighted by Crippen LogP contribution is 2.33. The van der Waals surface area contributed by atoms with E-state index in [1.807, 2.05) is 31.2 Å². The van der Waals surface area contributed by atoms with Crippen molar-refractivity contribution in [1.29, 1.82) is 0 Å². The summed E-state index contributed by atoms with van der Waals surface area (Å²) in [6.45, 7) is 1.83. The molecule has 6 heteroatoms. The van der Waals surface area contributed by atoms with Crippen LogP contribution in [0.15, 0.2) is 38.6 Å². The smallest absolute Gasteiger partial charge is 0.267 e. The van der Waals surface area contributed by atoms with Gasteiger partial charge in [-0.1, -0.05) is 28.1 Å². The Morgan fingerprint density at radius 2 is 2.17 bits per heavy atom. The van der Waals surface area contributed by atoms with Crippen LogP contribution in [0.5, 0.6) is 0 Å². The zero-order chi connectivity index (χ0) is 16.7. The van der Waals surface area contributed by atoms with Crippen molar-refractivity contribution in [2.75, 3.05) is 0 Å². The number of fused-ring (bicyclic) bond motifs is 3. The van der Waals surface area contributed by atoms with E-state index in [9.17, 15) is 4.79 Å². The van der Waals surface area contributed by atoms with Crippen LogP contribution in [0.3, 0.4) is 0 Å². The molecule has 4 nitrogen and oxygen atoms in total. The zero-order valence-electron chi connectivity index (χ0n) is 13.3. The molecule has 0 bridgehead atoms. The predicted octanol–water partition coefficient (Wildman–Crippen LogP) is 4.29. The zero-order valence-corrected chi connectivity index (χ0v) is 15.7. The first kappa shape index (κ1) is 15.7. The Bertz CT molecular complexity index is 1020. The van der Waals surface area contributed by atoms with Gasteiger partial charge in [-0.25, -0.2) is 4.98 Å². The lowest BCUT2D eigenvalue weighted by atomic mass is 9.97. The van der Waals surface area contributed by atoms with E-state index in [4.69, 9.17) is 0 Å². The molecule has 0 saturated heterocycles. The quantitative estimate of drug-likeness (QED) is 0.601. The van der Waals surface area contributed by atoms with E-state index in [1.54, 1.807) is 17.6 Å². The van der Waals surface area contributed by atoms with Gasteiger partial charge in [-0.05, 0) is 55.9 Å². The number of thiophene rings is 1. The Kier molecular flexibility index (Phi) is 4.10. The summed E-state index contributed by atoms with van der Waals surface area (Å²) in [5.41, 5.74) is 2.08. The number of rotatable bonds is 2. The van der Waals surface area contributed by atoms with Crippen LogP contribution in [0.1, 0.15) is 34.7 Å². The van der Waals surface area contributed by atoms with Crippen molar-refractivity contribution in [3.63, 3.8) is 0 Å². The van der Waals surface area contributed by atoms with Crippen molar-refractivity contribution in [1.82, 2.24) is 9.66 Å². The fraction of sp³-hybridized carbons (Fsp3) is 0.278. The Hall–Kier alpha value is -1.79. The largest absolute Gasteiger partial charge is 0.283 e. The topological polar surface area (TPSA) is 47.2 Å². The lowest BCUT2D eigenvalue weighted by Gasteiger charge is -2.10. The van der Waals surface area contributed by atoms with Gasteiger partial charge in [-0.15, -0.1) is 11.3 Å². The standard InChI is InChI=1S/C18H16BrN3OS/c1-11-21-17-16(14-7-2-3-8-15(14)24-17)18(23)22(11)20-10-12-5-4-6-13(19)9-12/h4-6,9-10H,2-3,7-8H2,1H3/b20-10+. The van der Waals surface area contributed by atoms with Crippen LogP contribution in [0.4, 0.5) is 0 Å². The Morgan fingerprint density at radius 1 is 1.33 bits per heavy atom. The lowest BCUT2D eigenvalue weighted by molar-refractivity contribution is 0.698. The number of nitrogens with zero attached hydrogens (tertiary/aromatic N) is 3. The summed E-state index contributed by atoms with van der Waals surface area (Å²) < 4.78 is 2.40. The molecule has 1 aliphatic carbocycles. The number of hydrogen-bond acceptors (Lipinski definition) is 4. The van der Waals surface area contributed by atoms with Crippen molar-refractivity contribution in [3.8, 4) is 0 Å².